The quantitative estimate of drug-likeness (QED) is 0.758. The predicted molar refractivity (Wildman–Crippen MR) is 75.2 cm³/mol. The van der Waals surface area contributed by atoms with E-state index >= 15 is 0 Å². The van der Waals surface area contributed by atoms with Crippen molar-refractivity contribution in [2.45, 2.75) is 59.8 Å². The summed E-state index contributed by atoms with van der Waals surface area (Å²) in [5.74, 6) is 0.975. The van der Waals surface area contributed by atoms with Crippen LogP contribution in [0.5, 0.6) is 0 Å². The summed E-state index contributed by atoms with van der Waals surface area (Å²) in [6.45, 7) is 13.8. The molecule has 1 rings (SSSR count). The first-order valence-corrected chi connectivity index (χ1v) is 6.95. The molecule has 0 radical (unpaired) electrons. The number of aliphatic hydroxyl groups is 2. The maximum Gasteiger partial charge on any atom is 0.130 e. The van der Waals surface area contributed by atoms with Gasteiger partial charge in [-0.05, 0) is 51.5 Å². The van der Waals surface area contributed by atoms with Crippen molar-refractivity contribution in [1.82, 2.24) is 4.90 Å². The largest absolute Gasteiger partial charge is 0.390 e. The molecular formula is C15H29NO2. The van der Waals surface area contributed by atoms with Gasteiger partial charge in [-0.3, -0.25) is 4.90 Å². The van der Waals surface area contributed by atoms with Crippen molar-refractivity contribution in [2.75, 3.05) is 13.1 Å². The number of aliphatic hydroxyl groups excluding tert-OH is 1. The summed E-state index contributed by atoms with van der Waals surface area (Å²) in [5, 5.41) is 20.2. The Morgan fingerprint density at radius 2 is 1.94 bits per heavy atom. The van der Waals surface area contributed by atoms with Gasteiger partial charge in [0, 0.05) is 13.1 Å². The molecule has 0 saturated carbocycles. The van der Waals surface area contributed by atoms with Gasteiger partial charge in [0.2, 0.25) is 0 Å². The van der Waals surface area contributed by atoms with Crippen LogP contribution in [0.15, 0.2) is 11.1 Å². The Balaban J connectivity index is 2.78. The van der Waals surface area contributed by atoms with Gasteiger partial charge in [0.1, 0.15) is 6.23 Å². The van der Waals surface area contributed by atoms with E-state index in [0.29, 0.717) is 18.3 Å². The normalized spacial score (nSPS) is 26.2. The van der Waals surface area contributed by atoms with Crippen LogP contribution in [0.3, 0.4) is 0 Å². The maximum atomic E-state index is 10.4. The van der Waals surface area contributed by atoms with Crippen LogP contribution in [0.2, 0.25) is 0 Å². The van der Waals surface area contributed by atoms with Gasteiger partial charge in [0.05, 0.1) is 5.60 Å². The van der Waals surface area contributed by atoms with Gasteiger partial charge in [0.15, 0.2) is 0 Å². The van der Waals surface area contributed by atoms with E-state index in [-0.39, 0.29) is 0 Å². The number of likely N-dealkylation sites (tertiary alicyclic amines) is 1. The smallest absolute Gasteiger partial charge is 0.130 e. The topological polar surface area (TPSA) is 43.7 Å². The minimum absolute atomic E-state index is 0.437. The number of allylic oxidation sites excluding steroid dienone is 1. The third-order valence-corrected chi connectivity index (χ3v) is 3.85. The van der Waals surface area contributed by atoms with Crippen LogP contribution in [-0.4, -0.2) is 40.0 Å². The summed E-state index contributed by atoms with van der Waals surface area (Å²) in [5.41, 5.74) is 1.74. The van der Waals surface area contributed by atoms with Crippen LogP contribution in [-0.2, 0) is 0 Å². The molecule has 1 aliphatic heterocycles. The lowest BCUT2D eigenvalue weighted by molar-refractivity contribution is 0.0209. The molecule has 1 aliphatic rings. The highest BCUT2D eigenvalue weighted by atomic mass is 16.3. The van der Waals surface area contributed by atoms with E-state index < -0.39 is 11.8 Å². The lowest BCUT2D eigenvalue weighted by Gasteiger charge is -2.25. The molecule has 0 aromatic rings. The Labute approximate surface area is 112 Å². The van der Waals surface area contributed by atoms with Gasteiger partial charge in [-0.1, -0.05) is 19.4 Å². The van der Waals surface area contributed by atoms with Gasteiger partial charge < -0.3 is 10.2 Å². The van der Waals surface area contributed by atoms with E-state index in [1.54, 1.807) is 0 Å². The Kier molecular flexibility index (Phi) is 4.98. The second kappa shape index (κ2) is 5.72. The summed E-state index contributed by atoms with van der Waals surface area (Å²) in [6, 6.07) is 0. The highest BCUT2D eigenvalue weighted by molar-refractivity contribution is 5.23. The molecule has 1 heterocycles. The first-order chi connectivity index (χ1) is 8.13. The molecule has 106 valence electrons. The van der Waals surface area contributed by atoms with Crippen molar-refractivity contribution >= 4 is 0 Å². The first-order valence-electron chi connectivity index (χ1n) is 6.95. The molecule has 0 spiro atoms. The van der Waals surface area contributed by atoms with Crippen molar-refractivity contribution in [3.05, 3.63) is 11.1 Å². The van der Waals surface area contributed by atoms with Gasteiger partial charge in [-0.25, -0.2) is 0 Å². The second-order valence-corrected chi connectivity index (χ2v) is 6.74. The van der Waals surface area contributed by atoms with E-state index in [1.165, 1.54) is 11.1 Å². The highest BCUT2D eigenvalue weighted by Gasteiger charge is 2.37. The minimum Gasteiger partial charge on any atom is -0.390 e. The predicted octanol–water partition coefficient (Wildman–Crippen LogP) is 2.39. The number of hydrogen-bond acceptors (Lipinski definition) is 3. The highest BCUT2D eigenvalue weighted by Crippen LogP contribution is 2.35. The van der Waals surface area contributed by atoms with E-state index in [0.717, 1.165) is 13.1 Å². The van der Waals surface area contributed by atoms with Gasteiger partial charge in [0.25, 0.3) is 0 Å². The number of nitrogens with zero attached hydrogens (tertiary/aromatic N) is 1. The molecule has 0 bridgehead atoms. The molecule has 18 heavy (non-hydrogen) atoms. The zero-order valence-electron chi connectivity index (χ0n) is 12.7. The standard InChI is InChI=1S/C15H29NO2/c1-10(2)12-9-16(8-7-15(5,6)18)14(17)13(12)11(3)4/h10,12,14,17-18H,7-9H2,1-6H3. The summed E-state index contributed by atoms with van der Waals surface area (Å²) in [7, 11) is 0. The van der Waals surface area contributed by atoms with Gasteiger partial charge in [-0.2, -0.15) is 0 Å². The van der Waals surface area contributed by atoms with E-state index in [2.05, 4.69) is 32.6 Å². The van der Waals surface area contributed by atoms with Crippen LogP contribution in [0, 0.1) is 11.8 Å². The molecule has 0 aromatic carbocycles. The van der Waals surface area contributed by atoms with Crippen LogP contribution in [0.1, 0.15) is 48.0 Å². The first kappa shape index (κ1) is 15.7. The fraction of sp³-hybridized carbons (Fsp3) is 0.867. The van der Waals surface area contributed by atoms with E-state index in [1.807, 2.05) is 13.8 Å². The maximum absolute atomic E-state index is 10.4. The second-order valence-electron chi connectivity index (χ2n) is 6.74. The Morgan fingerprint density at radius 1 is 1.39 bits per heavy atom. The minimum atomic E-state index is -0.666. The summed E-state index contributed by atoms with van der Waals surface area (Å²) in [4.78, 5) is 2.09. The molecule has 1 saturated heterocycles. The average molecular weight is 255 g/mol. The molecule has 0 aliphatic carbocycles. The van der Waals surface area contributed by atoms with Gasteiger partial charge >= 0.3 is 0 Å². The average Bonchev–Trinajstić information content (AvgIpc) is 2.51. The van der Waals surface area contributed by atoms with E-state index in [4.69, 9.17) is 0 Å². The fourth-order valence-corrected chi connectivity index (χ4v) is 2.67. The zero-order valence-corrected chi connectivity index (χ0v) is 12.7. The van der Waals surface area contributed by atoms with E-state index in [9.17, 15) is 10.2 Å². The molecule has 0 amide bonds. The van der Waals surface area contributed by atoms with Crippen molar-refractivity contribution in [1.29, 1.82) is 0 Å². The van der Waals surface area contributed by atoms with Crippen LogP contribution >= 0.6 is 0 Å². The lowest BCUT2D eigenvalue weighted by atomic mass is 9.88. The third-order valence-electron chi connectivity index (χ3n) is 3.85. The Bertz CT molecular complexity index is 311. The SMILES string of the molecule is CC(C)=C1C(C(C)C)CN(CCC(C)(C)O)C1O. The molecule has 1 fully saturated rings. The summed E-state index contributed by atoms with van der Waals surface area (Å²) in [6.07, 6.45) is 0.218. The van der Waals surface area contributed by atoms with Crippen molar-refractivity contribution in [3.8, 4) is 0 Å². The number of hydrogen-bond donors (Lipinski definition) is 2. The molecule has 3 nitrogen and oxygen atoms in total. The van der Waals surface area contributed by atoms with Crippen LogP contribution in [0.4, 0.5) is 0 Å². The molecule has 3 heteroatoms. The Morgan fingerprint density at radius 3 is 2.28 bits per heavy atom. The van der Waals surface area contributed by atoms with Crippen LogP contribution in [0.25, 0.3) is 0 Å². The monoisotopic (exact) mass is 255 g/mol. The summed E-state index contributed by atoms with van der Waals surface area (Å²) < 4.78 is 0. The molecule has 2 N–H and O–H groups in total. The van der Waals surface area contributed by atoms with Crippen molar-refractivity contribution in [3.63, 3.8) is 0 Å². The fourth-order valence-electron chi connectivity index (χ4n) is 2.67. The molecule has 0 aromatic heterocycles. The van der Waals surface area contributed by atoms with Gasteiger partial charge in [-0.15, -0.1) is 0 Å². The summed E-state index contributed by atoms with van der Waals surface area (Å²) >= 11 is 0. The molecular weight excluding hydrogens is 226 g/mol. The Hall–Kier alpha value is -0.380. The number of rotatable bonds is 4. The lowest BCUT2D eigenvalue weighted by Crippen LogP contribution is -2.35. The van der Waals surface area contributed by atoms with Crippen molar-refractivity contribution in [2.24, 2.45) is 11.8 Å². The van der Waals surface area contributed by atoms with Crippen LogP contribution < -0.4 is 0 Å². The zero-order chi connectivity index (χ0) is 14.1. The third kappa shape index (κ3) is 3.81. The molecule has 2 unspecified atom stereocenters. The van der Waals surface area contributed by atoms with Crippen molar-refractivity contribution < 1.29 is 10.2 Å². The molecule has 2 atom stereocenters.